The van der Waals surface area contributed by atoms with E-state index in [2.05, 4.69) is 28.6 Å². The first-order chi connectivity index (χ1) is 18.2. The fraction of sp³-hybridized carbons (Fsp3) is 0.387. The van der Waals surface area contributed by atoms with Gasteiger partial charge in [0.2, 0.25) is 5.91 Å². The van der Waals surface area contributed by atoms with Crippen LogP contribution in [0.3, 0.4) is 0 Å². The lowest BCUT2D eigenvalue weighted by atomic mass is 9.97. The standard InChI is InChI=1S/C31H41N5O2/c1-6-13-36(14-7-2)31(38)28-19-26-10-8-24(20-29(26)33-30(32)21-28)23-9-11-27(22-37)25(18-23)12-15-35(5)17-16-34(3)4/h8-12,15,18-20,22H,6-7,13-14,16-17,21H2,1-5H3,(H2,32,33)/b15-12-. The van der Waals surface area contributed by atoms with Gasteiger partial charge in [-0.3, -0.25) is 9.59 Å². The minimum absolute atomic E-state index is 0.0280. The Balaban J connectivity index is 1.92. The van der Waals surface area contributed by atoms with E-state index in [0.717, 1.165) is 73.2 Å². The topological polar surface area (TPSA) is 82.2 Å². The summed E-state index contributed by atoms with van der Waals surface area (Å²) in [6.45, 7) is 7.44. The van der Waals surface area contributed by atoms with Gasteiger partial charge < -0.3 is 20.4 Å². The summed E-state index contributed by atoms with van der Waals surface area (Å²) in [6, 6.07) is 11.8. The third kappa shape index (κ3) is 7.65. The highest BCUT2D eigenvalue weighted by atomic mass is 16.2. The molecule has 0 bridgehead atoms. The summed E-state index contributed by atoms with van der Waals surface area (Å²) in [7, 11) is 6.12. The van der Waals surface area contributed by atoms with E-state index in [0.29, 0.717) is 23.4 Å². The molecule has 2 N–H and O–H groups in total. The van der Waals surface area contributed by atoms with E-state index >= 15 is 0 Å². The van der Waals surface area contributed by atoms with Crippen molar-refractivity contribution in [2.75, 3.05) is 47.3 Å². The van der Waals surface area contributed by atoms with Gasteiger partial charge in [0.1, 0.15) is 5.84 Å². The van der Waals surface area contributed by atoms with Crippen LogP contribution in [0.15, 0.2) is 53.2 Å². The van der Waals surface area contributed by atoms with Crippen LogP contribution in [0, 0.1) is 0 Å². The van der Waals surface area contributed by atoms with Crippen molar-refractivity contribution in [2.45, 2.75) is 33.1 Å². The second-order valence-corrected chi connectivity index (χ2v) is 10.1. The summed E-state index contributed by atoms with van der Waals surface area (Å²) in [5.41, 5.74) is 12.0. The molecule has 0 saturated carbocycles. The number of amides is 1. The molecular weight excluding hydrogens is 474 g/mol. The molecular formula is C31H41N5O2. The Hall–Kier alpha value is -3.71. The average Bonchev–Trinajstić information content (AvgIpc) is 3.07. The fourth-order valence-electron chi connectivity index (χ4n) is 4.41. The summed E-state index contributed by atoms with van der Waals surface area (Å²) in [5, 5.41) is 0. The largest absolute Gasteiger partial charge is 0.387 e. The van der Waals surface area contributed by atoms with Gasteiger partial charge in [-0.15, -0.1) is 0 Å². The van der Waals surface area contributed by atoms with Crippen molar-refractivity contribution in [3.05, 3.63) is 64.9 Å². The van der Waals surface area contributed by atoms with E-state index in [1.807, 2.05) is 80.8 Å². The zero-order valence-electron chi connectivity index (χ0n) is 23.4. The van der Waals surface area contributed by atoms with Crippen LogP contribution >= 0.6 is 0 Å². The number of amidine groups is 1. The predicted octanol–water partition coefficient (Wildman–Crippen LogP) is 5.05. The molecule has 1 aliphatic heterocycles. The van der Waals surface area contributed by atoms with Crippen molar-refractivity contribution in [1.29, 1.82) is 0 Å². The van der Waals surface area contributed by atoms with Crippen molar-refractivity contribution >= 4 is 35.9 Å². The quantitative estimate of drug-likeness (QED) is 0.400. The smallest absolute Gasteiger partial charge is 0.250 e. The van der Waals surface area contributed by atoms with Crippen molar-refractivity contribution in [2.24, 2.45) is 10.7 Å². The van der Waals surface area contributed by atoms with Crippen LogP contribution in [0.2, 0.25) is 0 Å². The molecule has 0 radical (unpaired) electrons. The van der Waals surface area contributed by atoms with Crippen molar-refractivity contribution in [3.63, 3.8) is 0 Å². The van der Waals surface area contributed by atoms with Crippen LogP contribution in [0.25, 0.3) is 23.3 Å². The van der Waals surface area contributed by atoms with Crippen molar-refractivity contribution in [1.82, 2.24) is 14.7 Å². The number of carbonyl (C=O) groups is 2. The molecule has 0 aromatic heterocycles. The number of aliphatic imine (C=N–C) groups is 1. The molecule has 0 saturated heterocycles. The average molecular weight is 516 g/mol. The van der Waals surface area contributed by atoms with E-state index in [-0.39, 0.29) is 5.91 Å². The van der Waals surface area contributed by atoms with Gasteiger partial charge in [-0.1, -0.05) is 38.1 Å². The molecule has 7 nitrogen and oxygen atoms in total. The van der Waals surface area contributed by atoms with Gasteiger partial charge >= 0.3 is 0 Å². The van der Waals surface area contributed by atoms with Gasteiger partial charge in [0.25, 0.3) is 0 Å². The van der Waals surface area contributed by atoms with Gasteiger partial charge in [0.05, 0.1) is 5.69 Å². The number of fused-ring (bicyclic) bond motifs is 1. The predicted molar refractivity (Wildman–Crippen MR) is 159 cm³/mol. The van der Waals surface area contributed by atoms with Crippen LogP contribution in [0.4, 0.5) is 5.69 Å². The Labute approximate surface area is 227 Å². The Morgan fingerprint density at radius 2 is 1.63 bits per heavy atom. The van der Waals surface area contributed by atoms with Gasteiger partial charge in [0.15, 0.2) is 6.29 Å². The molecule has 0 spiro atoms. The molecule has 0 fully saturated rings. The molecule has 2 aromatic rings. The first kappa shape index (κ1) is 28.9. The number of rotatable bonds is 12. The zero-order valence-corrected chi connectivity index (χ0v) is 23.4. The summed E-state index contributed by atoms with van der Waals surface area (Å²) in [5.74, 6) is 0.453. The molecule has 7 heteroatoms. The number of hydrogen-bond acceptors (Lipinski definition) is 6. The minimum Gasteiger partial charge on any atom is -0.387 e. The summed E-state index contributed by atoms with van der Waals surface area (Å²) in [6.07, 6.45) is 8.94. The van der Waals surface area contributed by atoms with Crippen molar-refractivity contribution in [3.8, 4) is 11.1 Å². The molecule has 0 atom stereocenters. The van der Waals surface area contributed by atoms with Gasteiger partial charge in [0, 0.05) is 56.3 Å². The van der Waals surface area contributed by atoms with Crippen molar-refractivity contribution < 1.29 is 9.59 Å². The van der Waals surface area contributed by atoms with E-state index in [1.165, 1.54) is 0 Å². The van der Waals surface area contributed by atoms with E-state index < -0.39 is 0 Å². The first-order valence-electron chi connectivity index (χ1n) is 13.3. The van der Waals surface area contributed by atoms with E-state index in [1.54, 1.807) is 0 Å². The fourth-order valence-corrected chi connectivity index (χ4v) is 4.41. The highest BCUT2D eigenvalue weighted by Crippen LogP contribution is 2.33. The molecule has 2 aromatic carbocycles. The number of likely N-dealkylation sites (N-methyl/N-ethyl adjacent to an activating group) is 2. The van der Waals surface area contributed by atoms with Crippen LogP contribution in [-0.2, 0) is 4.79 Å². The second kappa shape index (κ2) is 13.7. The number of nitrogens with zero attached hydrogens (tertiary/aromatic N) is 4. The van der Waals surface area contributed by atoms with Crippen LogP contribution in [0.1, 0.15) is 54.6 Å². The zero-order chi connectivity index (χ0) is 27.7. The summed E-state index contributed by atoms with van der Waals surface area (Å²) in [4.78, 5) is 35.7. The maximum absolute atomic E-state index is 13.3. The summed E-state index contributed by atoms with van der Waals surface area (Å²) < 4.78 is 0. The highest BCUT2D eigenvalue weighted by molar-refractivity contribution is 6.05. The molecule has 0 unspecified atom stereocenters. The number of nitrogens with two attached hydrogens (primary N) is 1. The Bertz CT molecular complexity index is 1220. The molecule has 1 heterocycles. The second-order valence-electron chi connectivity index (χ2n) is 10.1. The third-order valence-electron chi connectivity index (χ3n) is 6.50. The monoisotopic (exact) mass is 515 g/mol. The lowest BCUT2D eigenvalue weighted by molar-refractivity contribution is -0.127. The normalized spacial score (nSPS) is 13.1. The minimum atomic E-state index is 0.0280. The molecule has 202 valence electrons. The molecule has 3 rings (SSSR count). The lowest BCUT2D eigenvalue weighted by Gasteiger charge is -2.22. The Kier molecular flexibility index (Phi) is 10.4. The Morgan fingerprint density at radius 3 is 2.29 bits per heavy atom. The SMILES string of the molecule is CCCN(CCC)C(=O)C1=Cc2ccc(-c3ccc(C=O)c(/C=C\N(C)CCN(C)C)c3)cc2N=C(N)C1. The number of hydrogen-bond donors (Lipinski definition) is 1. The first-order valence-corrected chi connectivity index (χ1v) is 13.3. The molecule has 1 aliphatic rings. The number of benzene rings is 2. The van der Waals surface area contributed by atoms with E-state index in [4.69, 9.17) is 5.73 Å². The lowest BCUT2D eigenvalue weighted by Crippen LogP contribution is -2.34. The van der Waals surface area contributed by atoms with Gasteiger partial charge in [-0.25, -0.2) is 4.99 Å². The Morgan fingerprint density at radius 1 is 0.947 bits per heavy atom. The molecule has 1 amide bonds. The maximum atomic E-state index is 13.3. The maximum Gasteiger partial charge on any atom is 0.250 e. The summed E-state index contributed by atoms with van der Waals surface area (Å²) >= 11 is 0. The number of carbonyl (C=O) groups excluding carboxylic acids is 2. The van der Waals surface area contributed by atoms with Gasteiger partial charge in [-0.2, -0.15) is 0 Å². The molecule has 38 heavy (non-hydrogen) atoms. The third-order valence-corrected chi connectivity index (χ3v) is 6.50. The van der Waals surface area contributed by atoms with Crippen LogP contribution in [0.5, 0.6) is 0 Å². The van der Waals surface area contributed by atoms with Crippen LogP contribution in [-0.4, -0.2) is 80.1 Å². The molecule has 0 aliphatic carbocycles. The number of aldehydes is 1. The van der Waals surface area contributed by atoms with E-state index in [9.17, 15) is 9.59 Å². The van der Waals surface area contributed by atoms with Gasteiger partial charge in [-0.05, 0) is 74.1 Å². The highest BCUT2D eigenvalue weighted by Gasteiger charge is 2.21. The van der Waals surface area contributed by atoms with Crippen LogP contribution < -0.4 is 5.73 Å².